The number of hydrogen-bond donors (Lipinski definition) is 2. The van der Waals surface area contributed by atoms with Crippen LogP contribution in [0.15, 0.2) is 67.0 Å². The van der Waals surface area contributed by atoms with Crippen LogP contribution in [0.4, 0.5) is 0 Å². The Balaban J connectivity index is 0.00000192. The van der Waals surface area contributed by atoms with Gasteiger partial charge in [0.05, 0.1) is 6.10 Å². The topological polar surface area (TPSA) is 48.9 Å². The van der Waals surface area contributed by atoms with Gasteiger partial charge in [-0.15, -0.1) is 17.0 Å². The van der Waals surface area contributed by atoms with Crippen molar-refractivity contribution in [3.63, 3.8) is 0 Å². The van der Waals surface area contributed by atoms with E-state index < -0.39 is 0 Å². The first kappa shape index (κ1) is 17.4. The third-order valence-corrected chi connectivity index (χ3v) is 3.85. The molecule has 2 N–H and O–H groups in total. The molecule has 3 aromatic rings. The van der Waals surface area contributed by atoms with Crippen molar-refractivity contribution in [1.29, 1.82) is 0 Å². The minimum atomic E-state index is -0.371. The molecule has 1 heterocycles. The van der Waals surface area contributed by atoms with Gasteiger partial charge < -0.3 is 10.1 Å². The zero-order valence-corrected chi connectivity index (χ0v) is 14.7. The number of halogens is 1. The van der Waals surface area contributed by atoms with Crippen LogP contribution in [0, 0.1) is 0 Å². The molecule has 2 aromatic carbocycles. The molecule has 0 radical (unpaired) electrons. The van der Waals surface area contributed by atoms with E-state index in [1.807, 2.05) is 31.3 Å². The number of imidazole rings is 1. The number of rotatable bonds is 5. The van der Waals surface area contributed by atoms with Gasteiger partial charge in [0.15, 0.2) is 0 Å². The van der Waals surface area contributed by atoms with Crippen LogP contribution in [0.5, 0.6) is 0 Å². The van der Waals surface area contributed by atoms with Gasteiger partial charge in [-0.2, -0.15) is 0 Å². The summed E-state index contributed by atoms with van der Waals surface area (Å²) in [7, 11) is 0. The van der Waals surface area contributed by atoms with Crippen LogP contribution in [0.3, 0.4) is 0 Å². The smallest absolute Gasteiger partial charge is 0.113 e. The molecule has 2 atom stereocenters. The van der Waals surface area contributed by atoms with Crippen molar-refractivity contribution in [3.8, 4) is 11.1 Å². The molecule has 0 aliphatic carbocycles. The Morgan fingerprint density at radius 3 is 2.22 bits per heavy atom. The molecule has 0 aliphatic rings. The van der Waals surface area contributed by atoms with Crippen LogP contribution in [-0.2, 0) is 0 Å². The Kier molecular flexibility index (Phi) is 6.13. The van der Waals surface area contributed by atoms with E-state index in [2.05, 4.69) is 46.4 Å². The fourth-order valence-electron chi connectivity index (χ4n) is 2.75. The van der Waals surface area contributed by atoms with Gasteiger partial charge in [-0.1, -0.05) is 54.6 Å². The molecule has 0 aliphatic heterocycles. The van der Waals surface area contributed by atoms with Crippen molar-refractivity contribution in [2.75, 3.05) is 0 Å². The zero-order chi connectivity index (χ0) is 15.4. The molecule has 4 heteroatoms. The highest BCUT2D eigenvalue weighted by atomic mass is 79.9. The lowest BCUT2D eigenvalue weighted by Crippen LogP contribution is -2.11. The Morgan fingerprint density at radius 2 is 1.65 bits per heavy atom. The van der Waals surface area contributed by atoms with Gasteiger partial charge in [-0.25, -0.2) is 4.98 Å². The van der Waals surface area contributed by atoms with Crippen LogP contribution in [0.2, 0.25) is 0 Å². The highest BCUT2D eigenvalue weighted by Crippen LogP contribution is 2.29. The molecule has 2 unspecified atom stereocenters. The van der Waals surface area contributed by atoms with Gasteiger partial charge in [-0.3, -0.25) is 0 Å². The van der Waals surface area contributed by atoms with Gasteiger partial charge in [0.2, 0.25) is 0 Å². The van der Waals surface area contributed by atoms with E-state index in [1.165, 1.54) is 11.1 Å². The number of aliphatic hydroxyl groups is 1. The molecule has 3 rings (SSSR count). The maximum Gasteiger partial charge on any atom is 0.113 e. The third-order valence-electron chi connectivity index (χ3n) is 3.85. The van der Waals surface area contributed by atoms with Gasteiger partial charge in [0.1, 0.15) is 5.82 Å². The first-order valence-corrected chi connectivity index (χ1v) is 7.57. The second-order valence-corrected chi connectivity index (χ2v) is 5.60. The monoisotopic (exact) mass is 372 g/mol. The molecule has 23 heavy (non-hydrogen) atoms. The summed E-state index contributed by atoms with van der Waals surface area (Å²) in [5.41, 5.74) is 3.56. The predicted octanol–water partition coefficient (Wildman–Crippen LogP) is 4.56. The summed E-state index contributed by atoms with van der Waals surface area (Å²) in [6, 6.07) is 18.8. The van der Waals surface area contributed by atoms with Crippen molar-refractivity contribution in [2.45, 2.75) is 25.4 Å². The van der Waals surface area contributed by atoms with E-state index >= 15 is 0 Å². The summed E-state index contributed by atoms with van der Waals surface area (Å²) in [6.07, 6.45) is 3.85. The number of aromatic nitrogens is 2. The standard InChI is InChI=1S/C19H20N2O.BrH/c1-14(22)13-18(19-20-11-12-21-19)17-9-7-16(8-10-17)15-5-3-2-4-6-15;/h2-12,14,18,22H,13H2,1H3,(H,20,21);1H. The summed E-state index contributed by atoms with van der Waals surface area (Å²) in [4.78, 5) is 7.53. The van der Waals surface area contributed by atoms with Crippen LogP contribution >= 0.6 is 17.0 Å². The van der Waals surface area contributed by atoms with Crippen molar-refractivity contribution >= 4 is 17.0 Å². The Morgan fingerprint density at radius 1 is 1.00 bits per heavy atom. The Labute approximate surface area is 147 Å². The molecule has 1 aromatic heterocycles. The second kappa shape index (κ2) is 8.09. The van der Waals surface area contributed by atoms with Crippen LogP contribution in [-0.4, -0.2) is 21.2 Å². The van der Waals surface area contributed by atoms with Crippen LogP contribution in [0.25, 0.3) is 11.1 Å². The normalized spacial score (nSPS) is 13.1. The SMILES string of the molecule is Br.CC(O)CC(c1ccc(-c2ccccc2)cc1)c1ncc[nH]1. The summed E-state index contributed by atoms with van der Waals surface area (Å²) in [5.74, 6) is 0.980. The van der Waals surface area contributed by atoms with E-state index in [1.54, 1.807) is 6.20 Å². The van der Waals surface area contributed by atoms with Gasteiger partial charge in [0.25, 0.3) is 0 Å². The summed E-state index contributed by atoms with van der Waals surface area (Å²) < 4.78 is 0. The number of benzene rings is 2. The number of nitrogens with one attached hydrogen (secondary N) is 1. The van der Waals surface area contributed by atoms with E-state index in [0.717, 1.165) is 11.4 Å². The highest BCUT2D eigenvalue weighted by molar-refractivity contribution is 8.93. The molecule has 0 bridgehead atoms. The van der Waals surface area contributed by atoms with E-state index in [4.69, 9.17) is 0 Å². The highest BCUT2D eigenvalue weighted by Gasteiger charge is 2.18. The lowest BCUT2D eigenvalue weighted by atomic mass is 9.91. The maximum atomic E-state index is 9.77. The predicted molar refractivity (Wildman–Crippen MR) is 98.9 cm³/mol. The summed E-state index contributed by atoms with van der Waals surface area (Å²) >= 11 is 0. The number of nitrogens with zero attached hydrogens (tertiary/aromatic N) is 1. The Hall–Kier alpha value is -1.91. The van der Waals surface area contributed by atoms with E-state index in [9.17, 15) is 5.11 Å². The fourth-order valence-corrected chi connectivity index (χ4v) is 2.75. The lowest BCUT2D eigenvalue weighted by molar-refractivity contribution is 0.178. The van der Waals surface area contributed by atoms with E-state index in [0.29, 0.717) is 6.42 Å². The number of aliphatic hydroxyl groups excluding tert-OH is 1. The van der Waals surface area contributed by atoms with Crippen molar-refractivity contribution in [3.05, 3.63) is 78.4 Å². The largest absolute Gasteiger partial charge is 0.393 e. The molecule has 0 spiro atoms. The molecule has 0 saturated heterocycles. The summed E-state index contributed by atoms with van der Waals surface area (Å²) in [5, 5.41) is 9.77. The van der Waals surface area contributed by atoms with Gasteiger partial charge >= 0.3 is 0 Å². The lowest BCUT2D eigenvalue weighted by Gasteiger charge is -2.17. The van der Waals surface area contributed by atoms with Crippen molar-refractivity contribution < 1.29 is 5.11 Å². The average Bonchev–Trinajstić information content (AvgIpc) is 3.08. The number of H-pyrrole nitrogens is 1. The third kappa shape index (κ3) is 4.30. The van der Waals surface area contributed by atoms with Crippen LogP contribution < -0.4 is 0 Å². The summed E-state index contributed by atoms with van der Waals surface area (Å²) in [6.45, 7) is 1.81. The molecule has 0 amide bonds. The minimum absolute atomic E-state index is 0. The molecule has 0 fully saturated rings. The second-order valence-electron chi connectivity index (χ2n) is 5.60. The molecule has 0 saturated carbocycles. The van der Waals surface area contributed by atoms with Gasteiger partial charge in [-0.05, 0) is 30.0 Å². The molecular formula is C19H21BrN2O. The zero-order valence-electron chi connectivity index (χ0n) is 13.0. The van der Waals surface area contributed by atoms with Crippen molar-refractivity contribution in [2.24, 2.45) is 0 Å². The first-order chi connectivity index (χ1) is 10.7. The minimum Gasteiger partial charge on any atom is -0.393 e. The maximum absolute atomic E-state index is 9.77. The quantitative estimate of drug-likeness (QED) is 0.689. The van der Waals surface area contributed by atoms with Crippen LogP contribution in [0.1, 0.15) is 30.7 Å². The number of hydrogen-bond acceptors (Lipinski definition) is 2. The first-order valence-electron chi connectivity index (χ1n) is 7.57. The van der Waals surface area contributed by atoms with E-state index in [-0.39, 0.29) is 29.0 Å². The van der Waals surface area contributed by atoms with Gasteiger partial charge in [0, 0.05) is 18.3 Å². The van der Waals surface area contributed by atoms with Crippen molar-refractivity contribution in [1.82, 2.24) is 9.97 Å². The number of aromatic amines is 1. The average molecular weight is 373 g/mol. The molecular weight excluding hydrogens is 352 g/mol. The Bertz CT molecular complexity index is 694. The molecule has 120 valence electrons. The molecule has 3 nitrogen and oxygen atoms in total. The fraction of sp³-hybridized carbons (Fsp3) is 0.211.